The van der Waals surface area contributed by atoms with E-state index in [1.807, 2.05) is 0 Å². The molecule has 1 aliphatic heterocycles. The summed E-state index contributed by atoms with van der Waals surface area (Å²) in [6.45, 7) is 8.00. The molecule has 0 aromatic rings. The van der Waals surface area contributed by atoms with Crippen molar-refractivity contribution in [3.8, 4) is 0 Å². The third-order valence-corrected chi connectivity index (χ3v) is 3.78. The summed E-state index contributed by atoms with van der Waals surface area (Å²) in [5, 5.41) is 3.48. The minimum Gasteiger partial charge on any atom is -0.385 e. The van der Waals surface area contributed by atoms with Crippen molar-refractivity contribution >= 4 is 0 Å². The van der Waals surface area contributed by atoms with Crippen molar-refractivity contribution in [2.75, 3.05) is 6.54 Å². The molecule has 0 radical (unpaired) electrons. The summed E-state index contributed by atoms with van der Waals surface area (Å²) in [6, 6.07) is 0. The molecular weight excluding hydrogens is 182 g/mol. The Morgan fingerprint density at radius 3 is 2.73 bits per heavy atom. The number of rotatable bonds is 1. The van der Waals surface area contributed by atoms with Gasteiger partial charge in [0.05, 0.1) is 0 Å². The maximum atomic E-state index is 3.48. The average Bonchev–Trinajstić information content (AvgIpc) is 2.40. The van der Waals surface area contributed by atoms with E-state index >= 15 is 0 Å². The maximum Gasteiger partial charge on any atom is 0.0369 e. The summed E-state index contributed by atoms with van der Waals surface area (Å²) >= 11 is 0. The van der Waals surface area contributed by atoms with Crippen LogP contribution in [0.15, 0.2) is 35.6 Å². The summed E-state index contributed by atoms with van der Waals surface area (Å²) in [4.78, 5) is 0. The van der Waals surface area contributed by atoms with Crippen molar-refractivity contribution in [1.29, 1.82) is 0 Å². The number of allylic oxidation sites excluding steroid dienone is 5. The molecule has 1 heterocycles. The minimum absolute atomic E-state index is 0.207. The summed E-state index contributed by atoms with van der Waals surface area (Å²) in [5.74, 6) is 0.645. The lowest BCUT2D eigenvalue weighted by Gasteiger charge is -2.26. The van der Waals surface area contributed by atoms with Gasteiger partial charge in [-0.3, -0.25) is 0 Å². The first-order valence-electron chi connectivity index (χ1n) is 5.97. The molecule has 0 aromatic heterocycles. The lowest BCUT2D eigenvalue weighted by Crippen LogP contribution is -2.20. The van der Waals surface area contributed by atoms with Gasteiger partial charge in [0.25, 0.3) is 0 Å². The molecule has 0 aromatic carbocycles. The van der Waals surface area contributed by atoms with Gasteiger partial charge < -0.3 is 5.32 Å². The van der Waals surface area contributed by atoms with Gasteiger partial charge in [-0.15, -0.1) is 0 Å². The minimum atomic E-state index is 0.207. The van der Waals surface area contributed by atoms with Crippen LogP contribution < -0.4 is 5.32 Å². The Labute approximate surface area is 93.0 Å². The van der Waals surface area contributed by atoms with Gasteiger partial charge in [0.1, 0.15) is 0 Å². The molecule has 1 unspecified atom stereocenters. The maximum absolute atomic E-state index is 3.48. The van der Waals surface area contributed by atoms with Crippen LogP contribution in [0.4, 0.5) is 0 Å². The van der Waals surface area contributed by atoms with Gasteiger partial charge >= 0.3 is 0 Å². The highest BCUT2D eigenvalue weighted by atomic mass is 14.9. The highest BCUT2D eigenvalue weighted by Crippen LogP contribution is 2.34. The van der Waals surface area contributed by atoms with Gasteiger partial charge in [0.2, 0.25) is 0 Å². The largest absolute Gasteiger partial charge is 0.385 e. The molecule has 15 heavy (non-hydrogen) atoms. The zero-order valence-corrected chi connectivity index (χ0v) is 10.0. The molecule has 0 saturated carbocycles. The quantitative estimate of drug-likeness (QED) is 0.688. The van der Waals surface area contributed by atoms with Gasteiger partial charge in [0.15, 0.2) is 0 Å². The first-order chi connectivity index (χ1) is 7.12. The van der Waals surface area contributed by atoms with Gasteiger partial charge in [0, 0.05) is 17.7 Å². The van der Waals surface area contributed by atoms with E-state index in [-0.39, 0.29) is 5.41 Å². The molecule has 82 valence electrons. The van der Waals surface area contributed by atoms with E-state index in [4.69, 9.17) is 0 Å². The molecule has 2 rings (SSSR count). The van der Waals surface area contributed by atoms with Crippen LogP contribution in [0.1, 0.15) is 33.6 Å². The van der Waals surface area contributed by atoms with E-state index in [0.29, 0.717) is 5.92 Å². The molecule has 1 N–H and O–H groups in total. The van der Waals surface area contributed by atoms with Crippen LogP contribution in [0.5, 0.6) is 0 Å². The van der Waals surface area contributed by atoms with E-state index in [1.54, 1.807) is 0 Å². The Bertz CT molecular complexity index is 305. The van der Waals surface area contributed by atoms with Crippen molar-refractivity contribution in [3.05, 3.63) is 35.6 Å². The standard InChI is InChI=1S/C14H21N/c1-11(2)14(3)8-6-12-5-4-10-15-13(12)7-9-14/h6-9,11,15H,4-5,10H2,1-3H3. The number of hydrogen-bond acceptors (Lipinski definition) is 1. The number of hydrogen-bond donors (Lipinski definition) is 1. The third-order valence-electron chi connectivity index (χ3n) is 3.78. The van der Waals surface area contributed by atoms with Crippen LogP contribution in [0.3, 0.4) is 0 Å². The first kappa shape index (κ1) is 10.5. The van der Waals surface area contributed by atoms with E-state index in [9.17, 15) is 0 Å². The predicted octanol–water partition coefficient (Wildman–Crippen LogP) is 3.41. The van der Waals surface area contributed by atoms with Gasteiger partial charge in [-0.05, 0) is 30.4 Å². The molecule has 2 aliphatic rings. The van der Waals surface area contributed by atoms with E-state index in [2.05, 4.69) is 50.4 Å². The number of nitrogens with one attached hydrogen (secondary N) is 1. The third kappa shape index (κ3) is 2.01. The highest BCUT2D eigenvalue weighted by molar-refractivity contribution is 5.39. The van der Waals surface area contributed by atoms with Crippen LogP contribution >= 0.6 is 0 Å². The van der Waals surface area contributed by atoms with E-state index in [1.165, 1.54) is 24.1 Å². The summed E-state index contributed by atoms with van der Waals surface area (Å²) < 4.78 is 0. The Kier molecular flexibility index (Phi) is 2.72. The average molecular weight is 203 g/mol. The normalized spacial score (nSPS) is 30.1. The Balaban J connectivity index is 2.30. The zero-order valence-electron chi connectivity index (χ0n) is 10.0. The fourth-order valence-electron chi connectivity index (χ4n) is 2.07. The van der Waals surface area contributed by atoms with Crippen LogP contribution in [0.2, 0.25) is 0 Å². The van der Waals surface area contributed by atoms with Crippen LogP contribution in [-0.4, -0.2) is 6.54 Å². The van der Waals surface area contributed by atoms with E-state index < -0.39 is 0 Å². The summed E-state index contributed by atoms with van der Waals surface area (Å²) in [5.41, 5.74) is 3.02. The SMILES string of the molecule is CC(C)C1(C)C=CC2=C(C=C1)NCCC2. The second-order valence-electron chi connectivity index (χ2n) is 5.16. The molecule has 0 fully saturated rings. The molecule has 1 nitrogen and oxygen atoms in total. The molecule has 0 bridgehead atoms. The monoisotopic (exact) mass is 203 g/mol. The molecule has 1 aliphatic carbocycles. The van der Waals surface area contributed by atoms with Gasteiger partial charge in [-0.1, -0.05) is 39.0 Å². The Morgan fingerprint density at radius 2 is 2.00 bits per heavy atom. The Hall–Kier alpha value is -0.980. The van der Waals surface area contributed by atoms with Crippen molar-refractivity contribution in [2.24, 2.45) is 11.3 Å². The van der Waals surface area contributed by atoms with E-state index in [0.717, 1.165) is 6.54 Å². The molecule has 0 amide bonds. The van der Waals surface area contributed by atoms with Crippen molar-refractivity contribution in [1.82, 2.24) is 5.32 Å². The second kappa shape index (κ2) is 3.88. The molecular formula is C14H21N. The molecule has 0 spiro atoms. The van der Waals surface area contributed by atoms with Crippen molar-refractivity contribution in [2.45, 2.75) is 33.6 Å². The smallest absolute Gasteiger partial charge is 0.0369 e. The highest BCUT2D eigenvalue weighted by Gasteiger charge is 2.24. The molecule has 1 atom stereocenters. The van der Waals surface area contributed by atoms with Crippen LogP contribution in [0, 0.1) is 11.3 Å². The van der Waals surface area contributed by atoms with Crippen molar-refractivity contribution in [3.63, 3.8) is 0 Å². The molecule has 0 saturated heterocycles. The fraction of sp³-hybridized carbons (Fsp3) is 0.571. The Morgan fingerprint density at radius 1 is 1.27 bits per heavy atom. The van der Waals surface area contributed by atoms with Crippen molar-refractivity contribution < 1.29 is 0 Å². The van der Waals surface area contributed by atoms with Crippen LogP contribution in [0.25, 0.3) is 0 Å². The molecule has 1 heteroatoms. The first-order valence-corrected chi connectivity index (χ1v) is 5.97. The topological polar surface area (TPSA) is 12.0 Å². The van der Waals surface area contributed by atoms with Crippen LogP contribution in [-0.2, 0) is 0 Å². The fourth-order valence-corrected chi connectivity index (χ4v) is 2.07. The second-order valence-corrected chi connectivity index (χ2v) is 5.16. The summed E-state index contributed by atoms with van der Waals surface area (Å²) in [7, 11) is 0. The zero-order chi connectivity index (χ0) is 10.9. The van der Waals surface area contributed by atoms with Gasteiger partial charge in [-0.2, -0.15) is 0 Å². The predicted molar refractivity (Wildman–Crippen MR) is 65.5 cm³/mol. The van der Waals surface area contributed by atoms with Gasteiger partial charge in [-0.25, -0.2) is 0 Å². The lowest BCUT2D eigenvalue weighted by atomic mass is 9.79. The summed E-state index contributed by atoms with van der Waals surface area (Å²) in [6.07, 6.45) is 11.8. The lowest BCUT2D eigenvalue weighted by molar-refractivity contribution is 0.383.